The Morgan fingerprint density at radius 1 is 1.40 bits per heavy atom. The number of carbonyl (C=O) groups excluding carboxylic acids is 1. The topological polar surface area (TPSA) is 58.1 Å². The Labute approximate surface area is 153 Å². The van der Waals surface area contributed by atoms with Crippen molar-refractivity contribution in [3.63, 3.8) is 0 Å². The predicted molar refractivity (Wildman–Crippen MR) is 104 cm³/mol. The van der Waals surface area contributed by atoms with Gasteiger partial charge < -0.3 is 10.2 Å². The highest BCUT2D eigenvalue weighted by atomic mass is 32.1. The van der Waals surface area contributed by atoms with Crippen LogP contribution in [0.15, 0.2) is 12.4 Å². The van der Waals surface area contributed by atoms with Crippen molar-refractivity contribution in [3.05, 3.63) is 17.3 Å². The van der Waals surface area contributed by atoms with Crippen LogP contribution in [0, 0.1) is 11.3 Å². The number of thiophene rings is 1. The summed E-state index contributed by atoms with van der Waals surface area (Å²) >= 11 is 1.76. The second-order valence-corrected chi connectivity index (χ2v) is 9.01. The van der Waals surface area contributed by atoms with Crippen LogP contribution in [0.2, 0.25) is 0 Å². The fourth-order valence-corrected chi connectivity index (χ4v) is 4.17. The molecule has 1 amide bonds. The lowest BCUT2D eigenvalue weighted by molar-refractivity contribution is -0.128. The summed E-state index contributed by atoms with van der Waals surface area (Å²) < 4.78 is 0. The minimum absolute atomic E-state index is 0.125. The van der Waals surface area contributed by atoms with E-state index in [2.05, 4.69) is 33.2 Å². The predicted octanol–water partition coefficient (Wildman–Crippen LogP) is 3.63. The minimum atomic E-state index is -0.333. The first-order valence-corrected chi connectivity index (χ1v) is 9.96. The van der Waals surface area contributed by atoms with Crippen LogP contribution >= 0.6 is 11.3 Å². The Kier molecular flexibility index (Phi) is 5.27. The molecule has 1 fully saturated rings. The third-order valence-electron chi connectivity index (χ3n) is 4.76. The zero-order chi connectivity index (χ0) is 18.0. The van der Waals surface area contributed by atoms with Gasteiger partial charge in [-0.15, -0.1) is 11.3 Å². The van der Waals surface area contributed by atoms with Gasteiger partial charge in [-0.3, -0.25) is 4.79 Å². The largest absolute Gasteiger partial charge is 0.356 e. The fraction of sp³-hybridized carbons (Fsp3) is 0.632. The molecule has 2 aromatic heterocycles. The van der Waals surface area contributed by atoms with Gasteiger partial charge in [-0.1, -0.05) is 27.7 Å². The van der Waals surface area contributed by atoms with Crippen molar-refractivity contribution in [3.8, 4) is 0 Å². The number of hydrogen-bond donors (Lipinski definition) is 1. The first-order chi connectivity index (χ1) is 11.9. The third kappa shape index (κ3) is 4.11. The van der Waals surface area contributed by atoms with Gasteiger partial charge in [0.2, 0.25) is 5.91 Å². The van der Waals surface area contributed by atoms with E-state index in [9.17, 15) is 4.79 Å². The normalized spacial score (nSPS) is 18.6. The van der Waals surface area contributed by atoms with Gasteiger partial charge in [0.25, 0.3) is 0 Å². The number of fused-ring (bicyclic) bond motifs is 1. The molecule has 1 N–H and O–H groups in total. The Hall–Kier alpha value is -1.69. The second kappa shape index (κ2) is 7.28. The lowest BCUT2D eigenvalue weighted by atomic mass is 9.94. The molecule has 6 heteroatoms. The zero-order valence-corrected chi connectivity index (χ0v) is 16.4. The maximum Gasteiger partial charge on any atom is 0.225 e. The van der Waals surface area contributed by atoms with Gasteiger partial charge in [-0.05, 0) is 31.2 Å². The molecule has 2 aromatic rings. The number of aromatic nitrogens is 2. The van der Waals surface area contributed by atoms with E-state index in [-0.39, 0.29) is 11.3 Å². The molecule has 5 nitrogen and oxygen atoms in total. The van der Waals surface area contributed by atoms with Crippen LogP contribution in [0.3, 0.4) is 0 Å². The van der Waals surface area contributed by atoms with Crippen molar-refractivity contribution >= 4 is 33.3 Å². The maximum atomic E-state index is 12.1. The molecule has 0 saturated carbocycles. The highest BCUT2D eigenvalue weighted by molar-refractivity contribution is 7.18. The van der Waals surface area contributed by atoms with Gasteiger partial charge in [0.1, 0.15) is 17.0 Å². The second-order valence-electron chi connectivity index (χ2n) is 7.90. The smallest absolute Gasteiger partial charge is 0.225 e. The van der Waals surface area contributed by atoms with Gasteiger partial charge in [-0.2, -0.15) is 0 Å². The van der Waals surface area contributed by atoms with Crippen LogP contribution in [0.25, 0.3) is 10.2 Å². The molecule has 0 radical (unpaired) electrons. The van der Waals surface area contributed by atoms with Crippen molar-refractivity contribution in [2.24, 2.45) is 11.3 Å². The highest BCUT2D eigenvalue weighted by Crippen LogP contribution is 2.32. The van der Waals surface area contributed by atoms with Gasteiger partial charge in [-0.25, -0.2) is 9.97 Å². The number of anilines is 1. The molecule has 0 spiro atoms. The van der Waals surface area contributed by atoms with Crippen LogP contribution in [0.1, 0.15) is 45.4 Å². The van der Waals surface area contributed by atoms with E-state index in [0.29, 0.717) is 5.92 Å². The molecule has 136 valence electrons. The summed E-state index contributed by atoms with van der Waals surface area (Å²) in [5.74, 6) is 1.64. The monoisotopic (exact) mass is 360 g/mol. The number of nitrogens with zero attached hydrogens (tertiary/aromatic N) is 3. The summed E-state index contributed by atoms with van der Waals surface area (Å²) in [6, 6.07) is 2.24. The lowest BCUT2D eigenvalue weighted by Crippen LogP contribution is -2.43. The quantitative estimate of drug-likeness (QED) is 0.904. The number of piperidine rings is 1. The Morgan fingerprint density at radius 3 is 2.92 bits per heavy atom. The van der Waals surface area contributed by atoms with E-state index in [0.717, 1.165) is 49.5 Å². The lowest BCUT2D eigenvalue weighted by Gasteiger charge is -2.34. The molecule has 1 aliphatic rings. The summed E-state index contributed by atoms with van der Waals surface area (Å²) in [6.45, 7) is 10.7. The Morgan fingerprint density at radius 2 is 2.20 bits per heavy atom. The number of aryl methyl sites for hydroxylation is 1. The van der Waals surface area contributed by atoms with E-state index >= 15 is 0 Å². The van der Waals surface area contributed by atoms with Crippen molar-refractivity contribution in [1.29, 1.82) is 0 Å². The Balaban J connectivity index is 1.71. The summed E-state index contributed by atoms with van der Waals surface area (Å²) in [5.41, 5.74) is -0.333. The van der Waals surface area contributed by atoms with Crippen molar-refractivity contribution in [2.45, 2.75) is 47.0 Å². The number of nitrogens with one attached hydrogen (secondary N) is 1. The summed E-state index contributed by atoms with van der Waals surface area (Å²) in [4.78, 5) is 25.9. The molecule has 3 rings (SSSR count). The van der Waals surface area contributed by atoms with Gasteiger partial charge in [0.05, 0.1) is 5.39 Å². The number of rotatable bonds is 4. The SMILES string of the molecule is CCc1cc2c(N3CCCC(CNC(=O)C(C)(C)C)C3)ncnc2s1. The summed E-state index contributed by atoms with van der Waals surface area (Å²) in [6.07, 6.45) is 4.99. The molecule has 0 aromatic carbocycles. The minimum Gasteiger partial charge on any atom is -0.356 e. The van der Waals surface area contributed by atoms with E-state index in [1.807, 2.05) is 20.8 Å². The maximum absolute atomic E-state index is 12.1. The average molecular weight is 361 g/mol. The van der Waals surface area contributed by atoms with E-state index in [1.54, 1.807) is 17.7 Å². The zero-order valence-electron chi connectivity index (χ0n) is 15.6. The summed E-state index contributed by atoms with van der Waals surface area (Å²) in [5, 5.41) is 4.29. The summed E-state index contributed by atoms with van der Waals surface area (Å²) in [7, 11) is 0. The van der Waals surface area contributed by atoms with Gasteiger partial charge in [0, 0.05) is 29.9 Å². The Bertz CT molecular complexity index is 749. The third-order valence-corrected chi connectivity index (χ3v) is 5.95. The average Bonchev–Trinajstić information content (AvgIpc) is 3.02. The molecule has 1 aliphatic heterocycles. The molecule has 0 aliphatic carbocycles. The van der Waals surface area contributed by atoms with Crippen molar-refractivity contribution < 1.29 is 4.79 Å². The van der Waals surface area contributed by atoms with Crippen LogP contribution < -0.4 is 10.2 Å². The van der Waals surface area contributed by atoms with E-state index < -0.39 is 0 Å². The standard InChI is InChI=1S/C19H28N4OS/c1-5-14-9-15-16(21-12-22-17(15)25-14)23-8-6-7-13(11-23)10-20-18(24)19(2,3)4/h9,12-13H,5-8,10-11H2,1-4H3,(H,20,24). The molecule has 0 bridgehead atoms. The first kappa shape index (κ1) is 18.1. The number of hydrogen-bond acceptors (Lipinski definition) is 5. The van der Waals surface area contributed by atoms with Crippen LogP contribution in [-0.2, 0) is 11.2 Å². The molecule has 1 saturated heterocycles. The van der Waals surface area contributed by atoms with E-state index in [4.69, 9.17) is 0 Å². The molecule has 3 heterocycles. The van der Waals surface area contributed by atoms with Gasteiger partial charge >= 0.3 is 0 Å². The molecule has 1 atom stereocenters. The number of carbonyl (C=O) groups is 1. The number of amides is 1. The van der Waals surface area contributed by atoms with Crippen molar-refractivity contribution in [1.82, 2.24) is 15.3 Å². The van der Waals surface area contributed by atoms with Crippen molar-refractivity contribution in [2.75, 3.05) is 24.5 Å². The first-order valence-electron chi connectivity index (χ1n) is 9.15. The van der Waals surface area contributed by atoms with E-state index in [1.165, 1.54) is 10.3 Å². The molecule has 1 unspecified atom stereocenters. The van der Waals surface area contributed by atoms with Gasteiger partial charge in [0.15, 0.2) is 0 Å². The highest BCUT2D eigenvalue weighted by Gasteiger charge is 2.26. The van der Waals surface area contributed by atoms with Crippen LogP contribution in [0.5, 0.6) is 0 Å². The molecular weight excluding hydrogens is 332 g/mol. The molecular formula is C19H28N4OS. The van der Waals surface area contributed by atoms with Crippen LogP contribution in [-0.4, -0.2) is 35.5 Å². The molecule has 25 heavy (non-hydrogen) atoms. The van der Waals surface area contributed by atoms with Crippen LogP contribution in [0.4, 0.5) is 5.82 Å². The fourth-order valence-electron chi connectivity index (χ4n) is 3.25.